The number of nitro groups is 1. The Morgan fingerprint density at radius 3 is 2.77 bits per heavy atom. The minimum Gasteiger partial charge on any atom is -0.506 e. The Morgan fingerprint density at radius 1 is 1.34 bits per heavy atom. The number of aromatic hydroxyl groups is 1. The van der Waals surface area contributed by atoms with Crippen LogP contribution in [-0.4, -0.2) is 27.2 Å². The van der Waals surface area contributed by atoms with Crippen LogP contribution in [0.5, 0.6) is 5.75 Å². The molecule has 1 aliphatic heterocycles. The molecule has 1 aliphatic rings. The van der Waals surface area contributed by atoms with Crippen LogP contribution in [0, 0.1) is 10.1 Å². The number of rotatable bonds is 5. The Balaban J connectivity index is 1.98. The average Bonchev–Trinajstić information content (AvgIpc) is 3.12. The van der Waals surface area contributed by atoms with E-state index in [1.165, 1.54) is 41.0 Å². The van der Waals surface area contributed by atoms with Crippen molar-refractivity contribution in [2.45, 2.75) is 19.9 Å². The number of non-ortho nitro benzene ring substituents is 1. The molecule has 1 aromatic heterocycles. The molecule has 35 heavy (non-hydrogen) atoms. The van der Waals surface area contributed by atoms with E-state index < -0.39 is 22.5 Å². The van der Waals surface area contributed by atoms with Crippen molar-refractivity contribution in [3.05, 3.63) is 92.9 Å². The zero-order chi connectivity index (χ0) is 25.4. The second kappa shape index (κ2) is 9.65. The molecule has 0 saturated carbocycles. The number of esters is 1. The number of hydrogen-bond acceptors (Lipinski definition) is 8. The number of benzene rings is 2. The van der Waals surface area contributed by atoms with Crippen LogP contribution >= 0.6 is 34.5 Å². The first-order valence-electron chi connectivity index (χ1n) is 10.2. The molecule has 4 rings (SSSR count). The first-order chi connectivity index (χ1) is 16.6. The van der Waals surface area contributed by atoms with Gasteiger partial charge >= 0.3 is 5.97 Å². The monoisotopic (exact) mass is 533 g/mol. The lowest BCUT2D eigenvalue weighted by atomic mass is 9.96. The van der Waals surface area contributed by atoms with Crippen molar-refractivity contribution in [1.82, 2.24) is 4.57 Å². The number of phenolic OH excluding ortho intramolecular Hbond substituents is 1. The van der Waals surface area contributed by atoms with Crippen molar-refractivity contribution in [2.75, 3.05) is 6.61 Å². The SMILES string of the molecule is CCOC(=O)C1=C(C)n2c(s/c(=C\c3cc(Cl)cc(Cl)c3O)c2=O)=N[C@@H]1c1cccc([N+](=O)[O-])c1. The Labute approximate surface area is 212 Å². The van der Waals surface area contributed by atoms with Gasteiger partial charge in [-0.25, -0.2) is 9.79 Å². The van der Waals surface area contributed by atoms with E-state index in [4.69, 9.17) is 27.9 Å². The predicted molar refractivity (Wildman–Crippen MR) is 132 cm³/mol. The van der Waals surface area contributed by atoms with Crippen LogP contribution in [-0.2, 0) is 9.53 Å². The highest BCUT2D eigenvalue weighted by Crippen LogP contribution is 2.34. The number of phenols is 1. The molecule has 0 radical (unpaired) electrons. The minimum atomic E-state index is -0.922. The Bertz CT molecular complexity index is 1590. The van der Waals surface area contributed by atoms with E-state index in [1.54, 1.807) is 19.9 Å². The summed E-state index contributed by atoms with van der Waals surface area (Å²) in [6, 6.07) is 7.70. The van der Waals surface area contributed by atoms with Gasteiger partial charge in [-0.3, -0.25) is 19.5 Å². The molecule has 0 unspecified atom stereocenters. The molecule has 0 aliphatic carbocycles. The van der Waals surface area contributed by atoms with E-state index in [2.05, 4.69) is 4.99 Å². The summed E-state index contributed by atoms with van der Waals surface area (Å²) >= 11 is 13.1. The van der Waals surface area contributed by atoms with Gasteiger partial charge in [0, 0.05) is 28.4 Å². The fourth-order valence-electron chi connectivity index (χ4n) is 3.70. The van der Waals surface area contributed by atoms with Crippen LogP contribution in [0.3, 0.4) is 0 Å². The van der Waals surface area contributed by atoms with Crippen molar-refractivity contribution in [2.24, 2.45) is 4.99 Å². The Kier molecular flexibility index (Phi) is 6.79. The summed E-state index contributed by atoms with van der Waals surface area (Å²) in [6.07, 6.45) is 1.43. The van der Waals surface area contributed by atoms with Gasteiger partial charge in [-0.05, 0) is 37.6 Å². The molecule has 0 saturated heterocycles. The lowest BCUT2D eigenvalue weighted by Crippen LogP contribution is -2.35. The molecular weight excluding hydrogens is 517 g/mol. The quantitative estimate of drug-likeness (QED) is 0.302. The van der Waals surface area contributed by atoms with E-state index in [9.17, 15) is 24.8 Å². The number of allylic oxidation sites excluding steroid dienone is 1. The van der Waals surface area contributed by atoms with E-state index >= 15 is 0 Å². The second-order valence-corrected chi connectivity index (χ2v) is 9.32. The molecule has 1 atom stereocenters. The number of aromatic nitrogens is 1. The number of nitro benzene ring substituents is 1. The molecule has 2 aromatic carbocycles. The van der Waals surface area contributed by atoms with Crippen LogP contribution < -0.4 is 14.9 Å². The van der Waals surface area contributed by atoms with Crippen molar-refractivity contribution < 1.29 is 19.6 Å². The fourth-order valence-corrected chi connectivity index (χ4v) is 5.24. The van der Waals surface area contributed by atoms with Crippen LogP contribution in [0.4, 0.5) is 5.69 Å². The van der Waals surface area contributed by atoms with Crippen LogP contribution in [0.1, 0.15) is 31.0 Å². The fraction of sp³-hybridized carbons (Fsp3) is 0.174. The van der Waals surface area contributed by atoms with Crippen molar-refractivity contribution in [3.63, 3.8) is 0 Å². The molecule has 0 amide bonds. The number of carbonyl (C=O) groups excluding carboxylic acids is 1. The van der Waals surface area contributed by atoms with Gasteiger partial charge in [0.15, 0.2) is 4.80 Å². The van der Waals surface area contributed by atoms with Gasteiger partial charge in [-0.2, -0.15) is 0 Å². The maximum Gasteiger partial charge on any atom is 0.338 e. The number of fused-ring (bicyclic) bond motifs is 1. The topological polar surface area (TPSA) is 124 Å². The third-order valence-corrected chi connectivity index (χ3v) is 6.77. The summed E-state index contributed by atoms with van der Waals surface area (Å²) < 4.78 is 6.69. The van der Waals surface area contributed by atoms with Crippen LogP contribution in [0.15, 0.2) is 51.8 Å². The lowest BCUT2D eigenvalue weighted by molar-refractivity contribution is -0.384. The van der Waals surface area contributed by atoms with Gasteiger partial charge in [-0.15, -0.1) is 0 Å². The second-order valence-electron chi connectivity index (χ2n) is 7.46. The molecule has 2 heterocycles. The van der Waals surface area contributed by atoms with E-state index in [1.807, 2.05) is 0 Å². The van der Waals surface area contributed by atoms with Crippen LogP contribution in [0.2, 0.25) is 10.0 Å². The van der Waals surface area contributed by atoms with Crippen molar-refractivity contribution in [3.8, 4) is 5.75 Å². The molecule has 0 bridgehead atoms. The zero-order valence-corrected chi connectivity index (χ0v) is 20.6. The van der Waals surface area contributed by atoms with Crippen molar-refractivity contribution >= 4 is 58.0 Å². The van der Waals surface area contributed by atoms with Crippen molar-refractivity contribution in [1.29, 1.82) is 0 Å². The first kappa shape index (κ1) is 24.6. The third-order valence-electron chi connectivity index (χ3n) is 5.28. The van der Waals surface area contributed by atoms with Gasteiger partial charge in [0.05, 0.1) is 26.7 Å². The molecular formula is C23H17Cl2N3O6S. The van der Waals surface area contributed by atoms with Gasteiger partial charge in [0.2, 0.25) is 0 Å². The predicted octanol–water partition coefficient (Wildman–Crippen LogP) is 3.83. The maximum absolute atomic E-state index is 13.3. The number of hydrogen-bond donors (Lipinski definition) is 1. The number of thiazole rings is 1. The van der Waals surface area contributed by atoms with E-state index in [0.717, 1.165) is 11.3 Å². The zero-order valence-electron chi connectivity index (χ0n) is 18.3. The first-order valence-corrected chi connectivity index (χ1v) is 11.8. The molecule has 0 spiro atoms. The number of nitrogens with zero attached hydrogens (tertiary/aromatic N) is 3. The normalized spacial score (nSPS) is 15.5. The van der Waals surface area contributed by atoms with Gasteiger partial charge in [0.1, 0.15) is 11.8 Å². The van der Waals surface area contributed by atoms with Gasteiger partial charge in [-0.1, -0.05) is 46.7 Å². The average molecular weight is 534 g/mol. The van der Waals surface area contributed by atoms with Gasteiger partial charge < -0.3 is 9.84 Å². The number of halogens is 2. The molecule has 3 aromatic rings. The summed E-state index contributed by atoms with van der Waals surface area (Å²) in [7, 11) is 0. The summed E-state index contributed by atoms with van der Waals surface area (Å²) in [4.78, 5) is 41.8. The third kappa shape index (κ3) is 4.60. The Morgan fingerprint density at radius 2 is 2.09 bits per heavy atom. The summed E-state index contributed by atoms with van der Waals surface area (Å²) in [6.45, 7) is 3.32. The largest absolute Gasteiger partial charge is 0.506 e. The summed E-state index contributed by atoms with van der Waals surface area (Å²) in [5.41, 5.74) is 0.398. The molecule has 0 fully saturated rings. The molecule has 180 valence electrons. The highest BCUT2D eigenvalue weighted by molar-refractivity contribution is 7.07. The highest BCUT2D eigenvalue weighted by atomic mass is 35.5. The molecule has 9 nitrogen and oxygen atoms in total. The number of ether oxygens (including phenoxy) is 1. The maximum atomic E-state index is 13.3. The minimum absolute atomic E-state index is 0.0290. The van der Waals surface area contributed by atoms with Gasteiger partial charge in [0.25, 0.3) is 11.2 Å². The number of carbonyl (C=O) groups is 1. The standard InChI is InChI=1S/C23H17Cl2N3O6S/c1-3-34-22(31)18-11(2)27-21(30)17(9-13-7-14(24)10-16(25)20(13)29)35-23(27)26-19(18)12-5-4-6-15(8-12)28(32)33/h4-10,19,29H,3H2,1-2H3/b17-9-/t19-/m1/s1. The molecule has 12 heteroatoms. The van der Waals surface area contributed by atoms with E-state index in [-0.39, 0.29) is 48.6 Å². The van der Waals surface area contributed by atoms with Crippen LogP contribution in [0.25, 0.3) is 11.8 Å². The molecule has 1 N–H and O–H groups in total. The smallest absolute Gasteiger partial charge is 0.338 e. The lowest BCUT2D eigenvalue weighted by Gasteiger charge is -2.22. The Hall–Kier alpha value is -3.47. The highest BCUT2D eigenvalue weighted by Gasteiger charge is 2.32. The van der Waals surface area contributed by atoms with E-state index in [0.29, 0.717) is 11.3 Å². The summed E-state index contributed by atoms with van der Waals surface area (Å²) in [5, 5.41) is 21.9. The summed E-state index contributed by atoms with van der Waals surface area (Å²) in [5.74, 6) is -0.920.